The summed E-state index contributed by atoms with van der Waals surface area (Å²) >= 11 is 3.96. The molecule has 0 saturated carbocycles. The number of thioether (sulfide) groups is 1. The molecule has 0 bridgehead atoms. The maximum absolute atomic E-state index is 7.95. The summed E-state index contributed by atoms with van der Waals surface area (Å²) in [6.07, 6.45) is -14.4. The summed E-state index contributed by atoms with van der Waals surface area (Å²) in [4.78, 5) is 0.964. The van der Waals surface area contributed by atoms with Crippen LogP contribution in [0.3, 0.4) is 0 Å². The molecule has 540 valence electrons. The van der Waals surface area contributed by atoms with Gasteiger partial charge in [-0.2, -0.15) is 0 Å². The van der Waals surface area contributed by atoms with E-state index in [1.54, 1.807) is 18.9 Å². The molecule has 4 saturated heterocycles. The van der Waals surface area contributed by atoms with Gasteiger partial charge in [-0.15, -0.1) is 0 Å². The summed E-state index contributed by atoms with van der Waals surface area (Å²) in [5.41, 5.74) is 7.94. The van der Waals surface area contributed by atoms with Gasteiger partial charge in [-0.3, -0.25) is 0 Å². The Balaban J connectivity index is 0.925. The van der Waals surface area contributed by atoms with Gasteiger partial charge in [0.1, 0.15) is 78.7 Å². The number of rotatable bonds is 34. The van der Waals surface area contributed by atoms with Gasteiger partial charge in [0.2, 0.25) is 0 Å². The third-order valence-electron chi connectivity index (χ3n) is 18.5. The van der Waals surface area contributed by atoms with Gasteiger partial charge >= 0.3 is 0 Å². The molecule has 0 amide bonds. The van der Waals surface area contributed by atoms with Crippen LogP contribution in [0.2, 0.25) is 0 Å². The molecular weight excluding hydrogens is 1440 g/mol. The van der Waals surface area contributed by atoms with Crippen LogP contribution in [-0.2, 0) is 122 Å². The lowest BCUT2D eigenvalue weighted by atomic mass is 9.95. The molecule has 0 aromatic heterocycles. The maximum atomic E-state index is 7.95. The average Bonchev–Trinajstić information content (AvgIpc) is 0.764. The minimum Gasteiger partial charge on any atom is -0.374 e. The first-order chi connectivity index (χ1) is 50.7. The molecule has 18 heteroatoms. The maximum Gasteiger partial charge on any atom is 0.187 e. The van der Waals surface area contributed by atoms with Crippen LogP contribution in [0.4, 0.5) is 0 Å². The summed E-state index contributed by atoms with van der Waals surface area (Å²) in [7, 11) is 1.60. The molecule has 4 aliphatic rings. The van der Waals surface area contributed by atoms with Gasteiger partial charge in [0.05, 0.1) is 70.0 Å². The van der Waals surface area contributed by atoms with E-state index in [-0.39, 0.29) is 63.4 Å². The normalized spacial score (nSPS) is 27.0. The van der Waals surface area contributed by atoms with E-state index in [2.05, 4.69) is 97.1 Å². The van der Waals surface area contributed by atoms with Gasteiger partial charge in [-0.25, -0.2) is 0 Å². The van der Waals surface area contributed by atoms with Crippen molar-refractivity contribution in [3.05, 3.63) is 317 Å². The van der Waals surface area contributed by atoms with Crippen LogP contribution in [0.25, 0.3) is 0 Å². The van der Waals surface area contributed by atoms with Gasteiger partial charge in [0.25, 0.3) is 0 Å². The molecule has 0 spiro atoms. The number of alkyl halides is 1. The SMILES string of the molecule is CO[C@H]1O[C@@H]2CO[C@@H](c3ccccc3)O[C@H]2[C@H](O[C@H]2O[C@H](COCc3ccccc3)[C@@H](OCc3ccccc3)[C@H](OC(O[C@@H]3[C@@H](OCc4ccccc4)[C@H](OCc4ccccc4)[C@@H](COCc4ccccc4)O[C@H]3Sc3ccc(C)cc3)C(C)I)[C@H]2OCc2ccccc2)[C@@H]1OCc1ccccc1. The smallest absolute Gasteiger partial charge is 0.187 e. The van der Waals surface area contributed by atoms with Gasteiger partial charge in [0, 0.05) is 17.6 Å². The Kier molecular flexibility index (Phi) is 28.0. The van der Waals surface area contributed by atoms with Crippen LogP contribution in [0.1, 0.15) is 63.3 Å². The molecule has 0 N–H and O–H groups in total. The Morgan fingerprint density at radius 2 is 0.786 bits per heavy atom. The van der Waals surface area contributed by atoms with Gasteiger partial charge in [0.15, 0.2) is 25.2 Å². The fourth-order valence-electron chi connectivity index (χ4n) is 13.2. The number of fused-ring (bicyclic) bond motifs is 1. The van der Waals surface area contributed by atoms with Crippen molar-refractivity contribution < 1.29 is 75.8 Å². The number of ether oxygens (including phenoxy) is 16. The van der Waals surface area contributed by atoms with Gasteiger partial charge in [-0.1, -0.05) is 295 Å². The second-order valence-corrected chi connectivity index (χ2v) is 29.3. The molecule has 9 aromatic carbocycles. The highest BCUT2D eigenvalue weighted by atomic mass is 127. The van der Waals surface area contributed by atoms with E-state index in [4.69, 9.17) is 75.8 Å². The highest BCUT2D eigenvalue weighted by Gasteiger charge is 2.58. The number of methoxy groups -OCH3 is 1. The third kappa shape index (κ3) is 20.9. The van der Waals surface area contributed by atoms with Gasteiger partial charge in [-0.05, 0) is 64.9 Å². The molecule has 13 rings (SSSR count). The monoisotopic (exact) mass is 1530 g/mol. The zero-order valence-corrected chi connectivity index (χ0v) is 61.2. The Morgan fingerprint density at radius 3 is 1.23 bits per heavy atom. The second kappa shape index (κ2) is 38.6. The lowest BCUT2D eigenvalue weighted by Crippen LogP contribution is -2.68. The van der Waals surface area contributed by atoms with E-state index in [1.807, 2.05) is 206 Å². The number of benzene rings is 9. The fourth-order valence-corrected chi connectivity index (χ4v) is 14.6. The van der Waals surface area contributed by atoms with Crippen molar-refractivity contribution in [2.24, 2.45) is 0 Å². The summed E-state index contributed by atoms with van der Waals surface area (Å²) in [5, 5.41) is 0. The van der Waals surface area contributed by atoms with Crippen molar-refractivity contribution in [3.63, 3.8) is 0 Å². The van der Waals surface area contributed by atoms with Crippen LogP contribution in [-0.4, -0.2) is 128 Å². The first-order valence-corrected chi connectivity index (χ1v) is 37.5. The van der Waals surface area contributed by atoms with Crippen LogP contribution >= 0.6 is 34.4 Å². The molecule has 4 fully saturated rings. The number of hydrogen-bond acceptors (Lipinski definition) is 17. The first kappa shape index (κ1) is 74.7. The minimum atomic E-state index is -1.26. The summed E-state index contributed by atoms with van der Waals surface area (Å²) in [6, 6.07) is 88.8. The molecule has 103 heavy (non-hydrogen) atoms. The lowest BCUT2D eigenvalue weighted by molar-refractivity contribution is -0.403. The van der Waals surface area contributed by atoms with E-state index in [0.29, 0.717) is 6.61 Å². The topological polar surface area (TPSA) is 148 Å². The zero-order valence-electron chi connectivity index (χ0n) is 58.2. The average molecular weight is 1530 g/mol. The number of halogens is 1. The van der Waals surface area contributed by atoms with Crippen molar-refractivity contribution in [2.45, 2.75) is 173 Å². The standard InChI is InChI=1S/C85H91IO16S/c1-58-44-46-68(47-45-58)103-85-80(75(92-52-64-36-20-8-21-37-64)72(90-50-62-32-16-6-17-33-62)70(98-85)56-89-49-61-30-14-5-15-31-61)102-81(59(2)86)100-76-73(91-51-63-34-18-7-19-35-63)69(55-88-48-60-28-12-4-13-29-60)97-84(79(76)94-54-66-40-24-10-25-41-66)101-77-74-71(57-95-82(99-74)67-42-26-11-27-43-67)96-83(87-3)78(77)93-53-65-38-22-9-23-39-65/h4-47,59,69-85H,48-57H2,1-3H3/t59?,69-,70-,71-,72-,73-,74-,75+,76+,77+,78+,79-,80-,81?,82-,83+,84-,85+/m1/s1. The molecule has 4 heterocycles. The Hall–Kier alpha value is -6.58. The largest absolute Gasteiger partial charge is 0.374 e. The highest BCUT2D eigenvalue weighted by Crippen LogP contribution is 2.43. The van der Waals surface area contributed by atoms with Crippen LogP contribution < -0.4 is 0 Å². The van der Waals surface area contributed by atoms with Gasteiger partial charge < -0.3 is 75.8 Å². The lowest BCUT2D eigenvalue weighted by Gasteiger charge is -2.52. The quantitative estimate of drug-likeness (QED) is 0.0214. The summed E-state index contributed by atoms with van der Waals surface area (Å²) < 4.78 is 115. The molecule has 16 nitrogen and oxygen atoms in total. The van der Waals surface area contributed by atoms with Crippen molar-refractivity contribution >= 4 is 34.4 Å². The van der Waals surface area contributed by atoms with Crippen molar-refractivity contribution in [2.75, 3.05) is 26.9 Å². The van der Waals surface area contributed by atoms with E-state index in [1.165, 1.54) is 0 Å². The predicted octanol–water partition coefficient (Wildman–Crippen LogP) is 15.7. The van der Waals surface area contributed by atoms with E-state index in [0.717, 1.165) is 55.0 Å². The molecular formula is C85H91IO16S. The van der Waals surface area contributed by atoms with E-state index >= 15 is 0 Å². The highest BCUT2D eigenvalue weighted by molar-refractivity contribution is 14.1. The Labute approximate surface area is 622 Å². The summed E-state index contributed by atoms with van der Waals surface area (Å²) in [6.45, 7) is 6.11. The fraction of sp³-hybridized carbons (Fsp3) is 0.365. The van der Waals surface area contributed by atoms with Crippen LogP contribution in [0.5, 0.6) is 0 Å². The first-order valence-electron chi connectivity index (χ1n) is 35.4. The Morgan fingerprint density at radius 1 is 0.398 bits per heavy atom. The minimum absolute atomic E-state index is 0.0367. The van der Waals surface area contributed by atoms with Crippen LogP contribution in [0, 0.1) is 6.92 Å². The molecule has 9 aromatic rings. The van der Waals surface area contributed by atoms with E-state index in [9.17, 15) is 0 Å². The molecule has 0 aliphatic carbocycles. The van der Waals surface area contributed by atoms with Crippen LogP contribution in [0.15, 0.2) is 272 Å². The summed E-state index contributed by atoms with van der Waals surface area (Å²) in [5.74, 6) is 0. The molecule has 4 aliphatic heterocycles. The van der Waals surface area contributed by atoms with Crippen molar-refractivity contribution in [1.29, 1.82) is 0 Å². The number of hydrogen-bond donors (Lipinski definition) is 0. The predicted molar refractivity (Wildman–Crippen MR) is 399 cm³/mol. The Bertz CT molecular complexity index is 3840. The zero-order chi connectivity index (χ0) is 70.4. The second-order valence-electron chi connectivity index (χ2n) is 26.1. The van der Waals surface area contributed by atoms with Crippen molar-refractivity contribution in [1.82, 2.24) is 0 Å². The van der Waals surface area contributed by atoms with E-state index < -0.39 is 104 Å². The van der Waals surface area contributed by atoms with Crippen molar-refractivity contribution in [3.8, 4) is 0 Å². The molecule has 0 radical (unpaired) electrons. The molecule has 2 unspecified atom stereocenters. The third-order valence-corrected chi connectivity index (χ3v) is 20.2. The number of aryl methyl sites for hydroxylation is 1. The molecule has 18 atom stereocenters.